The molecule has 29 heavy (non-hydrogen) atoms. The van der Waals surface area contributed by atoms with Crippen LogP contribution >= 0.6 is 11.8 Å². The van der Waals surface area contributed by atoms with Crippen molar-refractivity contribution in [1.82, 2.24) is 10.1 Å². The summed E-state index contributed by atoms with van der Waals surface area (Å²) >= 11 is 1.53. The van der Waals surface area contributed by atoms with Gasteiger partial charge in [-0.25, -0.2) is 13.1 Å². The molecule has 2 aliphatic heterocycles. The van der Waals surface area contributed by atoms with Crippen LogP contribution < -0.4 is 10.0 Å². The van der Waals surface area contributed by atoms with Crippen LogP contribution in [0.15, 0.2) is 49.8 Å². The highest BCUT2D eigenvalue weighted by Crippen LogP contribution is 2.31. The number of aryl methyl sites for hydroxylation is 1. The average molecular weight is 434 g/mol. The number of aromatic nitrogens is 1. The van der Waals surface area contributed by atoms with Gasteiger partial charge in [-0.3, -0.25) is 9.79 Å². The number of fused-ring (bicyclic) bond motifs is 1. The zero-order chi connectivity index (χ0) is 20.6. The number of carbonyl (C=O) groups excluding carboxylic acids is 1. The molecule has 0 aliphatic carbocycles. The first-order chi connectivity index (χ1) is 13.8. The smallest absolute Gasteiger partial charge is 0.264 e. The Morgan fingerprint density at radius 2 is 2.03 bits per heavy atom. The van der Waals surface area contributed by atoms with Gasteiger partial charge in [-0.2, -0.15) is 0 Å². The summed E-state index contributed by atoms with van der Waals surface area (Å²) in [5.74, 6) is -0.0844. The van der Waals surface area contributed by atoms with E-state index in [-0.39, 0.29) is 23.1 Å². The van der Waals surface area contributed by atoms with Gasteiger partial charge in [-0.1, -0.05) is 16.9 Å². The van der Waals surface area contributed by atoms with Crippen molar-refractivity contribution in [2.75, 3.05) is 23.1 Å². The summed E-state index contributed by atoms with van der Waals surface area (Å²) in [5.41, 5.74) is 2.68. The Balaban J connectivity index is 1.39. The van der Waals surface area contributed by atoms with Crippen LogP contribution in [-0.4, -0.2) is 42.6 Å². The molecule has 1 aromatic carbocycles. The number of thioether (sulfide) groups is 1. The highest BCUT2D eigenvalue weighted by Gasteiger charge is 2.27. The van der Waals surface area contributed by atoms with Crippen LogP contribution in [-0.2, 0) is 14.8 Å². The topological polar surface area (TPSA) is 117 Å². The van der Waals surface area contributed by atoms with Gasteiger partial charge in [0.25, 0.3) is 10.0 Å². The molecule has 2 aromatic rings. The maximum absolute atomic E-state index is 12.5. The summed E-state index contributed by atoms with van der Waals surface area (Å²) in [6, 6.07) is 5.94. The van der Waals surface area contributed by atoms with E-state index in [1.807, 2.05) is 10.3 Å². The van der Waals surface area contributed by atoms with Crippen molar-refractivity contribution < 1.29 is 17.7 Å². The van der Waals surface area contributed by atoms with Crippen molar-refractivity contribution in [2.45, 2.75) is 25.2 Å². The second-order valence-electron chi connectivity index (χ2n) is 6.62. The van der Waals surface area contributed by atoms with Crippen molar-refractivity contribution >= 4 is 44.4 Å². The molecule has 1 aromatic heterocycles. The maximum atomic E-state index is 12.5. The molecule has 11 heteroatoms. The van der Waals surface area contributed by atoms with Gasteiger partial charge in [0.1, 0.15) is 0 Å². The first kappa shape index (κ1) is 19.5. The molecular formula is C18H19N5O4S2. The molecular weight excluding hydrogens is 414 g/mol. The minimum atomic E-state index is -3.82. The minimum absolute atomic E-state index is 0.0526. The summed E-state index contributed by atoms with van der Waals surface area (Å²) in [6.07, 6.45) is 0.234. The maximum Gasteiger partial charge on any atom is 0.264 e. The lowest BCUT2D eigenvalue weighted by atomic mass is 10.2. The van der Waals surface area contributed by atoms with E-state index in [1.54, 1.807) is 26.0 Å². The van der Waals surface area contributed by atoms with Crippen LogP contribution in [0.2, 0.25) is 0 Å². The van der Waals surface area contributed by atoms with E-state index in [9.17, 15) is 13.2 Å². The number of nitrogens with zero attached hydrogens (tertiary/aromatic N) is 3. The van der Waals surface area contributed by atoms with E-state index in [4.69, 9.17) is 4.52 Å². The lowest BCUT2D eigenvalue weighted by Crippen LogP contribution is -2.24. The Bertz CT molecular complexity index is 1120. The van der Waals surface area contributed by atoms with Crippen LogP contribution in [0.5, 0.6) is 0 Å². The Morgan fingerprint density at radius 1 is 1.28 bits per heavy atom. The zero-order valence-electron chi connectivity index (χ0n) is 15.8. The summed E-state index contributed by atoms with van der Waals surface area (Å²) in [5, 5.41) is 9.40. The van der Waals surface area contributed by atoms with E-state index in [0.29, 0.717) is 16.9 Å². The van der Waals surface area contributed by atoms with Crippen LogP contribution in [0, 0.1) is 13.8 Å². The van der Waals surface area contributed by atoms with Crippen molar-refractivity contribution in [1.29, 1.82) is 0 Å². The highest BCUT2D eigenvalue weighted by molar-refractivity contribution is 8.16. The summed E-state index contributed by atoms with van der Waals surface area (Å²) in [4.78, 5) is 18.8. The van der Waals surface area contributed by atoms with Crippen molar-refractivity contribution in [3.63, 3.8) is 0 Å². The monoisotopic (exact) mass is 433 g/mol. The molecule has 0 fully saturated rings. The van der Waals surface area contributed by atoms with E-state index in [0.717, 1.165) is 24.0 Å². The number of amides is 1. The lowest BCUT2D eigenvalue weighted by Gasteiger charge is -2.16. The standard InChI is InChI=1S/C18H19N5O4S2/c1-11-12(2)21-27-17(11)22-29(25,26)15-5-3-13(4-6-15)20-16(24)9-14-10-28-18-19-7-8-23(14)18/h3-6,10,22H,7-9H2,1-2H3,(H,20,24). The molecule has 0 saturated carbocycles. The molecule has 0 unspecified atom stereocenters. The quantitative estimate of drug-likeness (QED) is 0.719. The Labute approximate surface area is 172 Å². The Kier molecular flexibility index (Phi) is 5.09. The van der Waals surface area contributed by atoms with Crippen molar-refractivity contribution in [3.8, 4) is 0 Å². The predicted molar refractivity (Wildman–Crippen MR) is 111 cm³/mol. The molecule has 2 aliphatic rings. The molecule has 2 N–H and O–H groups in total. The fourth-order valence-electron chi connectivity index (χ4n) is 2.89. The number of amidine groups is 1. The van der Waals surface area contributed by atoms with Gasteiger partial charge in [0.15, 0.2) is 5.17 Å². The molecule has 0 atom stereocenters. The van der Waals surface area contributed by atoms with Gasteiger partial charge in [0.05, 0.1) is 23.6 Å². The van der Waals surface area contributed by atoms with Crippen LogP contribution in [0.3, 0.4) is 0 Å². The average Bonchev–Trinajstić information content (AvgIpc) is 3.37. The van der Waals surface area contributed by atoms with Crippen molar-refractivity contribution in [2.24, 2.45) is 4.99 Å². The molecule has 152 valence electrons. The minimum Gasteiger partial charge on any atom is -0.337 e. The van der Waals surface area contributed by atoms with Gasteiger partial charge in [-0.15, -0.1) is 0 Å². The molecule has 9 nitrogen and oxygen atoms in total. The molecule has 4 rings (SSSR count). The first-order valence-corrected chi connectivity index (χ1v) is 11.2. The molecule has 0 spiro atoms. The molecule has 0 bridgehead atoms. The summed E-state index contributed by atoms with van der Waals surface area (Å²) in [7, 11) is -3.82. The van der Waals surface area contributed by atoms with E-state index in [1.165, 1.54) is 23.9 Å². The first-order valence-electron chi connectivity index (χ1n) is 8.87. The lowest BCUT2D eigenvalue weighted by molar-refractivity contribution is -0.115. The number of hydrogen-bond donors (Lipinski definition) is 2. The number of rotatable bonds is 6. The third-order valence-electron chi connectivity index (χ3n) is 4.62. The molecule has 3 heterocycles. The van der Waals surface area contributed by atoms with Gasteiger partial charge >= 0.3 is 0 Å². The van der Waals surface area contributed by atoms with Crippen LogP contribution in [0.1, 0.15) is 17.7 Å². The molecule has 0 saturated heterocycles. The summed E-state index contributed by atoms with van der Waals surface area (Å²) < 4.78 is 32.4. The second-order valence-corrected chi connectivity index (χ2v) is 9.14. The SMILES string of the molecule is Cc1noc(NS(=O)(=O)c2ccc(NC(=O)CC3=CSC4=NCCN34)cc2)c1C. The number of aliphatic imine (C=N–C) groups is 1. The zero-order valence-corrected chi connectivity index (χ0v) is 17.4. The number of hydrogen-bond acceptors (Lipinski definition) is 8. The normalized spacial score (nSPS) is 15.7. The highest BCUT2D eigenvalue weighted by atomic mass is 32.2. The predicted octanol–water partition coefficient (Wildman–Crippen LogP) is 2.68. The number of nitrogens with one attached hydrogen (secondary N) is 2. The van der Waals surface area contributed by atoms with Crippen molar-refractivity contribution in [3.05, 3.63) is 46.6 Å². The second kappa shape index (κ2) is 7.56. The number of anilines is 2. The van der Waals surface area contributed by atoms with E-state index in [2.05, 4.69) is 20.2 Å². The van der Waals surface area contributed by atoms with Gasteiger partial charge in [0.2, 0.25) is 11.8 Å². The third-order valence-corrected chi connectivity index (χ3v) is 6.92. The van der Waals surface area contributed by atoms with Crippen LogP contribution in [0.25, 0.3) is 0 Å². The van der Waals surface area contributed by atoms with Crippen LogP contribution in [0.4, 0.5) is 11.6 Å². The van der Waals surface area contributed by atoms with Gasteiger partial charge < -0.3 is 14.7 Å². The van der Waals surface area contributed by atoms with Gasteiger partial charge in [0, 0.05) is 23.5 Å². The largest absolute Gasteiger partial charge is 0.337 e. The van der Waals surface area contributed by atoms with E-state index >= 15 is 0 Å². The Hall–Kier alpha value is -2.79. The Morgan fingerprint density at radius 3 is 2.72 bits per heavy atom. The molecule has 1 amide bonds. The third kappa shape index (κ3) is 4.01. The molecule has 0 radical (unpaired) electrons. The fourth-order valence-corrected chi connectivity index (χ4v) is 4.89. The number of benzene rings is 1. The van der Waals surface area contributed by atoms with Gasteiger partial charge in [-0.05, 0) is 43.5 Å². The van der Waals surface area contributed by atoms with E-state index < -0.39 is 10.0 Å². The number of carbonyl (C=O) groups is 1. The number of sulfonamides is 1. The fraction of sp³-hybridized carbons (Fsp3) is 0.278. The summed E-state index contributed by atoms with van der Waals surface area (Å²) in [6.45, 7) is 4.99.